The molecule has 0 radical (unpaired) electrons. The number of nitrogens with zero attached hydrogens (tertiary/aromatic N) is 3. The zero-order valence-electron chi connectivity index (χ0n) is 13.4. The van der Waals surface area contributed by atoms with Gasteiger partial charge < -0.3 is 4.57 Å². The minimum absolute atomic E-state index is 0.234. The van der Waals surface area contributed by atoms with E-state index in [1.807, 2.05) is 0 Å². The minimum Gasteiger partial charge on any atom is -0.336 e. The summed E-state index contributed by atoms with van der Waals surface area (Å²) in [5, 5.41) is 0. The first-order chi connectivity index (χ1) is 10.9. The second kappa shape index (κ2) is 7.20. The van der Waals surface area contributed by atoms with Crippen molar-refractivity contribution in [3.63, 3.8) is 0 Å². The molecule has 1 heterocycles. The molecule has 0 spiro atoms. The molecule has 0 fully saturated rings. The lowest BCUT2D eigenvalue weighted by Crippen LogP contribution is -2.43. The molecular formula is C15H21FN4O2S. The van der Waals surface area contributed by atoms with Crippen molar-refractivity contribution in [3.8, 4) is 0 Å². The SMILES string of the molecule is CCN(CC)S(=O)(=O)N[C@@H](c1ccccc1F)c1nccn1C. The van der Waals surface area contributed by atoms with Crippen LogP contribution in [0.25, 0.3) is 0 Å². The van der Waals surface area contributed by atoms with Crippen molar-refractivity contribution in [2.75, 3.05) is 13.1 Å². The Labute approximate surface area is 136 Å². The Morgan fingerprint density at radius 1 is 1.30 bits per heavy atom. The zero-order chi connectivity index (χ0) is 17.0. The highest BCUT2D eigenvalue weighted by Gasteiger charge is 2.29. The van der Waals surface area contributed by atoms with Crippen LogP contribution in [-0.2, 0) is 17.3 Å². The number of hydrogen-bond acceptors (Lipinski definition) is 3. The van der Waals surface area contributed by atoms with E-state index in [1.165, 1.54) is 10.4 Å². The van der Waals surface area contributed by atoms with Gasteiger partial charge >= 0.3 is 0 Å². The molecule has 2 rings (SSSR count). The van der Waals surface area contributed by atoms with Crippen LogP contribution in [0.2, 0.25) is 0 Å². The topological polar surface area (TPSA) is 67.2 Å². The Morgan fingerprint density at radius 2 is 1.96 bits per heavy atom. The molecule has 23 heavy (non-hydrogen) atoms. The molecule has 8 heteroatoms. The summed E-state index contributed by atoms with van der Waals surface area (Å²) < 4.78 is 44.8. The second-order valence-corrected chi connectivity index (χ2v) is 6.76. The van der Waals surface area contributed by atoms with Gasteiger partial charge in [-0.15, -0.1) is 0 Å². The van der Waals surface area contributed by atoms with Gasteiger partial charge in [-0.25, -0.2) is 9.37 Å². The van der Waals surface area contributed by atoms with Crippen LogP contribution in [-0.4, -0.2) is 35.4 Å². The van der Waals surface area contributed by atoms with E-state index < -0.39 is 22.1 Å². The molecule has 0 aliphatic heterocycles. The van der Waals surface area contributed by atoms with Gasteiger partial charge in [-0.1, -0.05) is 32.0 Å². The Balaban J connectivity index is 2.48. The first-order valence-electron chi connectivity index (χ1n) is 7.39. The third-order valence-corrected chi connectivity index (χ3v) is 5.37. The minimum atomic E-state index is -3.77. The standard InChI is InChI=1S/C15H21FN4O2S/c1-4-20(5-2)23(21,22)18-14(15-17-10-11-19(15)3)12-8-6-7-9-13(12)16/h6-11,14,18H,4-5H2,1-3H3/t14-/m0/s1. The molecule has 0 aliphatic carbocycles. The van der Waals surface area contributed by atoms with Gasteiger partial charge in [0.1, 0.15) is 17.7 Å². The van der Waals surface area contributed by atoms with Crippen molar-refractivity contribution >= 4 is 10.2 Å². The molecule has 0 unspecified atom stereocenters. The predicted octanol–water partition coefficient (Wildman–Crippen LogP) is 1.82. The van der Waals surface area contributed by atoms with Crippen LogP contribution >= 0.6 is 0 Å². The lowest BCUT2D eigenvalue weighted by Gasteiger charge is -2.24. The van der Waals surface area contributed by atoms with Crippen molar-refractivity contribution in [3.05, 3.63) is 53.9 Å². The van der Waals surface area contributed by atoms with Crippen LogP contribution in [0.3, 0.4) is 0 Å². The van der Waals surface area contributed by atoms with Gasteiger partial charge in [-0.05, 0) is 6.07 Å². The normalized spacial score (nSPS) is 13.4. The highest BCUT2D eigenvalue weighted by Crippen LogP contribution is 2.24. The van der Waals surface area contributed by atoms with Crippen LogP contribution in [0, 0.1) is 5.82 Å². The molecule has 0 bridgehead atoms. The van der Waals surface area contributed by atoms with E-state index in [4.69, 9.17) is 0 Å². The molecule has 1 aromatic carbocycles. The third kappa shape index (κ3) is 3.77. The van der Waals surface area contributed by atoms with E-state index in [0.717, 1.165) is 0 Å². The summed E-state index contributed by atoms with van der Waals surface area (Å²) in [6, 6.07) is 5.19. The Morgan fingerprint density at radius 3 is 2.48 bits per heavy atom. The average molecular weight is 340 g/mol. The van der Waals surface area contributed by atoms with Crippen LogP contribution in [0.15, 0.2) is 36.7 Å². The average Bonchev–Trinajstić information content (AvgIpc) is 2.92. The van der Waals surface area contributed by atoms with E-state index in [-0.39, 0.29) is 5.56 Å². The fraction of sp³-hybridized carbons (Fsp3) is 0.400. The number of imidazole rings is 1. The van der Waals surface area contributed by atoms with E-state index in [2.05, 4.69) is 9.71 Å². The summed E-state index contributed by atoms with van der Waals surface area (Å²) >= 11 is 0. The van der Waals surface area contributed by atoms with Crippen molar-refractivity contribution < 1.29 is 12.8 Å². The molecule has 1 atom stereocenters. The number of halogens is 1. The van der Waals surface area contributed by atoms with E-state index >= 15 is 0 Å². The summed E-state index contributed by atoms with van der Waals surface area (Å²) in [5.74, 6) is -0.0615. The molecule has 126 valence electrons. The third-order valence-electron chi connectivity index (χ3n) is 3.64. The number of hydrogen-bond donors (Lipinski definition) is 1. The smallest absolute Gasteiger partial charge is 0.280 e. The van der Waals surface area contributed by atoms with E-state index in [0.29, 0.717) is 18.9 Å². The van der Waals surface area contributed by atoms with Gasteiger partial charge in [0.15, 0.2) is 0 Å². The second-order valence-electron chi connectivity index (χ2n) is 5.06. The van der Waals surface area contributed by atoms with Gasteiger partial charge in [0.25, 0.3) is 10.2 Å². The van der Waals surface area contributed by atoms with Crippen molar-refractivity contribution in [2.45, 2.75) is 19.9 Å². The Kier molecular flexibility index (Phi) is 5.51. The van der Waals surface area contributed by atoms with E-state index in [1.54, 1.807) is 56.1 Å². The zero-order valence-corrected chi connectivity index (χ0v) is 14.2. The number of rotatable bonds is 7. The fourth-order valence-corrected chi connectivity index (χ4v) is 3.77. The first-order valence-corrected chi connectivity index (χ1v) is 8.83. The number of benzene rings is 1. The van der Waals surface area contributed by atoms with Crippen LogP contribution < -0.4 is 4.72 Å². The largest absolute Gasteiger partial charge is 0.336 e. The summed E-state index contributed by atoms with van der Waals surface area (Å²) in [7, 11) is -2.03. The maximum Gasteiger partial charge on any atom is 0.280 e. The molecule has 0 aliphatic rings. The van der Waals surface area contributed by atoms with Gasteiger partial charge in [-0.3, -0.25) is 0 Å². The van der Waals surface area contributed by atoms with Crippen LogP contribution in [0.5, 0.6) is 0 Å². The predicted molar refractivity (Wildman–Crippen MR) is 86.4 cm³/mol. The summed E-state index contributed by atoms with van der Waals surface area (Å²) in [6.07, 6.45) is 3.24. The monoisotopic (exact) mass is 340 g/mol. The quantitative estimate of drug-likeness (QED) is 0.836. The lowest BCUT2D eigenvalue weighted by atomic mass is 10.1. The van der Waals surface area contributed by atoms with Gasteiger partial charge in [0.2, 0.25) is 0 Å². The highest BCUT2D eigenvalue weighted by atomic mass is 32.2. The first kappa shape index (κ1) is 17.6. The van der Waals surface area contributed by atoms with Gasteiger partial charge in [0, 0.05) is 38.1 Å². The summed E-state index contributed by atoms with van der Waals surface area (Å²) in [5.41, 5.74) is 0.234. The Bertz CT molecular complexity index is 756. The molecular weight excluding hydrogens is 319 g/mol. The molecule has 0 amide bonds. The van der Waals surface area contributed by atoms with Crippen LogP contribution in [0.4, 0.5) is 4.39 Å². The highest BCUT2D eigenvalue weighted by molar-refractivity contribution is 7.87. The van der Waals surface area contributed by atoms with E-state index in [9.17, 15) is 12.8 Å². The summed E-state index contributed by atoms with van der Waals surface area (Å²) in [6.45, 7) is 4.16. The number of nitrogens with one attached hydrogen (secondary N) is 1. The Hall–Kier alpha value is -1.77. The molecule has 6 nitrogen and oxygen atoms in total. The maximum absolute atomic E-state index is 14.2. The maximum atomic E-state index is 14.2. The summed E-state index contributed by atoms with van der Waals surface area (Å²) in [4.78, 5) is 4.18. The van der Waals surface area contributed by atoms with Crippen LogP contribution in [0.1, 0.15) is 31.3 Å². The molecule has 2 aromatic rings. The van der Waals surface area contributed by atoms with Gasteiger partial charge in [0.05, 0.1) is 0 Å². The fourth-order valence-electron chi connectivity index (χ4n) is 2.41. The van der Waals surface area contributed by atoms with Crippen molar-refractivity contribution in [1.29, 1.82) is 0 Å². The van der Waals surface area contributed by atoms with Crippen molar-refractivity contribution in [1.82, 2.24) is 18.6 Å². The molecule has 1 aromatic heterocycles. The number of aromatic nitrogens is 2. The van der Waals surface area contributed by atoms with Gasteiger partial charge in [-0.2, -0.15) is 17.4 Å². The molecule has 0 saturated carbocycles. The molecule has 1 N–H and O–H groups in total. The lowest BCUT2D eigenvalue weighted by molar-refractivity contribution is 0.427. The molecule has 0 saturated heterocycles. The van der Waals surface area contributed by atoms with Crippen molar-refractivity contribution in [2.24, 2.45) is 7.05 Å². The number of aryl methyl sites for hydroxylation is 1.